The van der Waals surface area contributed by atoms with Crippen LogP contribution < -0.4 is 9.62 Å². The molecule has 0 saturated heterocycles. The zero-order valence-electron chi connectivity index (χ0n) is 22.6. The van der Waals surface area contributed by atoms with Crippen LogP contribution in [0.4, 0.5) is 5.69 Å². The van der Waals surface area contributed by atoms with Gasteiger partial charge in [-0.1, -0.05) is 59.6 Å². The first-order valence-electron chi connectivity index (χ1n) is 12.4. The van der Waals surface area contributed by atoms with Crippen LogP contribution in [0, 0.1) is 6.92 Å². The number of hydrogen-bond acceptors (Lipinski definition) is 4. The molecule has 3 aromatic carbocycles. The fourth-order valence-corrected chi connectivity index (χ4v) is 5.69. The van der Waals surface area contributed by atoms with E-state index in [0.717, 1.165) is 9.87 Å². The highest BCUT2D eigenvalue weighted by atomic mass is 35.5. The smallest absolute Gasteiger partial charge is 0.264 e. The third kappa shape index (κ3) is 7.97. The third-order valence-electron chi connectivity index (χ3n) is 5.96. The van der Waals surface area contributed by atoms with Crippen molar-refractivity contribution in [3.8, 4) is 0 Å². The van der Waals surface area contributed by atoms with Crippen molar-refractivity contribution in [1.29, 1.82) is 0 Å². The van der Waals surface area contributed by atoms with Gasteiger partial charge in [0, 0.05) is 22.1 Å². The summed E-state index contributed by atoms with van der Waals surface area (Å²) in [4.78, 5) is 28.4. The SMILES string of the molecule is Cc1ccc(N(CC(=O)N(Cc2cccc(Cl)c2)[C@@H](C)C(=O)NC(C)(C)C)S(=O)(=O)c2ccccc2)cc1Cl. The maximum absolute atomic E-state index is 13.9. The number of sulfonamides is 1. The molecule has 0 heterocycles. The van der Waals surface area contributed by atoms with Crippen LogP contribution in [-0.2, 0) is 26.2 Å². The number of benzene rings is 3. The standard InChI is InChI=1S/C29H33Cl2N3O4S/c1-20-14-15-24(17-26(20)31)34(39(37,38)25-12-7-6-8-13-25)19-27(35)33(18-22-10-9-11-23(30)16-22)21(2)28(36)32-29(3,4)5/h6-17,21H,18-19H2,1-5H3,(H,32,36)/t21-/m0/s1. The van der Waals surface area contributed by atoms with E-state index in [1.807, 2.05) is 20.8 Å². The molecule has 208 valence electrons. The van der Waals surface area contributed by atoms with Crippen LogP contribution in [0.3, 0.4) is 0 Å². The Bertz CT molecular complexity index is 1440. The molecule has 0 radical (unpaired) electrons. The predicted octanol–water partition coefficient (Wildman–Crippen LogP) is 5.83. The summed E-state index contributed by atoms with van der Waals surface area (Å²) in [5.74, 6) is -0.934. The first-order chi connectivity index (χ1) is 18.2. The van der Waals surface area contributed by atoms with Crippen molar-refractivity contribution < 1.29 is 18.0 Å². The summed E-state index contributed by atoms with van der Waals surface area (Å²) >= 11 is 12.5. The molecule has 10 heteroatoms. The summed E-state index contributed by atoms with van der Waals surface area (Å²) in [6.45, 7) is 8.44. The highest BCUT2D eigenvalue weighted by Crippen LogP contribution is 2.28. The summed E-state index contributed by atoms with van der Waals surface area (Å²) < 4.78 is 28.6. The molecule has 0 fully saturated rings. The predicted molar refractivity (Wildman–Crippen MR) is 157 cm³/mol. The fourth-order valence-electron chi connectivity index (χ4n) is 3.87. The molecular weight excluding hydrogens is 557 g/mol. The molecule has 3 rings (SSSR count). The molecule has 0 saturated carbocycles. The largest absolute Gasteiger partial charge is 0.350 e. The second kappa shape index (κ2) is 12.4. The Morgan fingerprint density at radius 1 is 0.949 bits per heavy atom. The molecule has 0 unspecified atom stereocenters. The summed E-state index contributed by atoms with van der Waals surface area (Å²) in [5.41, 5.74) is 1.16. The van der Waals surface area contributed by atoms with Gasteiger partial charge in [0.1, 0.15) is 12.6 Å². The van der Waals surface area contributed by atoms with Crippen molar-refractivity contribution in [2.75, 3.05) is 10.8 Å². The number of carbonyl (C=O) groups is 2. The van der Waals surface area contributed by atoms with Crippen LogP contribution in [0.5, 0.6) is 0 Å². The van der Waals surface area contributed by atoms with Gasteiger partial charge in [0.2, 0.25) is 11.8 Å². The molecule has 0 aromatic heterocycles. The Balaban J connectivity index is 2.05. The number of rotatable bonds is 9. The van der Waals surface area contributed by atoms with Crippen LogP contribution in [0.15, 0.2) is 77.7 Å². The van der Waals surface area contributed by atoms with E-state index >= 15 is 0 Å². The van der Waals surface area contributed by atoms with Gasteiger partial charge in [-0.2, -0.15) is 0 Å². The molecule has 2 amide bonds. The van der Waals surface area contributed by atoms with Crippen molar-refractivity contribution in [3.63, 3.8) is 0 Å². The van der Waals surface area contributed by atoms with E-state index in [4.69, 9.17) is 23.2 Å². The van der Waals surface area contributed by atoms with Gasteiger partial charge in [0.05, 0.1) is 10.6 Å². The lowest BCUT2D eigenvalue weighted by Crippen LogP contribution is -2.54. The number of carbonyl (C=O) groups excluding carboxylic acids is 2. The summed E-state index contributed by atoms with van der Waals surface area (Å²) in [5, 5.41) is 3.74. The van der Waals surface area contributed by atoms with Crippen molar-refractivity contribution in [1.82, 2.24) is 10.2 Å². The molecule has 0 aliphatic rings. The van der Waals surface area contributed by atoms with E-state index in [1.165, 1.54) is 23.1 Å². The second-order valence-electron chi connectivity index (χ2n) is 10.3. The van der Waals surface area contributed by atoms with Crippen molar-refractivity contribution in [3.05, 3.63) is 94.0 Å². The van der Waals surface area contributed by atoms with Gasteiger partial charge in [-0.15, -0.1) is 0 Å². The summed E-state index contributed by atoms with van der Waals surface area (Å²) in [6, 6.07) is 18.7. The average Bonchev–Trinajstić information content (AvgIpc) is 2.86. The topological polar surface area (TPSA) is 86.8 Å². The lowest BCUT2D eigenvalue weighted by atomic mass is 10.1. The van der Waals surface area contributed by atoms with E-state index in [-0.39, 0.29) is 23.0 Å². The number of aryl methyl sites for hydroxylation is 1. The minimum absolute atomic E-state index is 0.0226. The van der Waals surface area contributed by atoms with Crippen LogP contribution >= 0.6 is 23.2 Å². The van der Waals surface area contributed by atoms with Gasteiger partial charge in [-0.25, -0.2) is 8.42 Å². The summed E-state index contributed by atoms with van der Waals surface area (Å²) in [6.07, 6.45) is 0. The van der Waals surface area contributed by atoms with Gasteiger partial charge >= 0.3 is 0 Å². The van der Waals surface area contributed by atoms with Crippen molar-refractivity contribution in [2.45, 2.75) is 57.6 Å². The molecule has 0 aliphatic carbocycles. The molecule has 0 aliphatic heterocycles. The van der Waals surface area contributed by atoms with Gasteiger partial charge in [0.15, 0.2) is 0 Å². The molecule has 1 N–H and O–H groups in total. The van der Waals surface area contributed by atoms with E-state index < -0.39 is 34.1 Å². The Kier molecular flexibility index (Phi) is 9.69. The Morgan fingerprint density at radius 3 is 2.21 bits per heavy atom. The van der Waals surface area contributed by atoms with E-state index in [1.54, 1.807) is 68.4 Å². The molecule has 39 heavy (non-hydrogen) atoms. The first-order valence-corrected chi connectivity index (χ1v) is 14.6. The monoisotopic (exact) mass is 589 g/mol. The average molecular weight is 591 g/mol. The normalized spacial score (nSPS) is 12.5. The second-order valence-corrected chi connectivity index (χ2v) is 13.0. The fraction of sp³-hybridized carbons (Fsp3) is 0.310. The summed E-state index contributed by atoms with van der Waals surface area (Å²) in [7, 11) is -4.16. The molecule has 7 nitrogen and oxygen atoms in total. The number of halogens is 2. The first kappa shape index (κ1) is 30.5. The van der Waals surface area contributed by atoms with Crippen LogP contribution in [0.25, 0.3) is 0 Å². The minimum Gasteiger partial charge on any atom is -0.350 e. The van der Waals surface area contributed by atoms with Gasteiger partial charge in [-0.05, 0) is 82.1 Å². The lowest BCUT2D eigenvalue weighted by molar-refractivity contribution is -0.140. The van der Waals surface area contributed by atoms with Gasteiger partial charge in [-0.3, -0.25) is 13.9 Å². The molecule has 0 bridgehead atoms. The third-order valence-corrected chi connectivity index (χ3v) is 8.39. The van der Waals surface area contributed by atoms with E-state index in [0.29, 0.717) is 15.6 Å². The van der Waals surface area contributed by atoms with E-state index in [2.05, 4.69) is 5.32 Å². The number of nitrogens with one attached hydrogen (secondary N) is 1. The van der Waals surface area contributed by atoms with Gasteiger partial charge in [0.25, 0.3) is 10.0 Å². The Morgan fingerprint density at radius 2 is 1.62 bits per heavy atom. The van der Waals surface area contributed by atoms with Gasteiger partial charge < -0.3 is 10.2 Å². The van der Waals surface area contributed by atoms with Crippen LogP contribution in [0.2, 0.25) is 10.0 Å². The zero-order valence-corrected chi connectivity index (χ0v) is 24.9. The molecule has 1 atom stereocenters. The number of nitrogens with zero attached hydrogens (tertiary/aromatic N) is 2. The Hall–Kier alpha value is -3.07. The molecular formula is C29H33Cl2N3O4S. The highest BCUT2D eigenvalue weighted by molar-refractivity contribution is 7.92. The van der Waals surface area contributed by atoms with E-state index in [9.17, 15) is 18.0 Å². The Labute approximate surface area is 240 Å². The van der Waals surface area contributed by atoms with Crippen molar-refractivity contribution >= 4 is 50.7 Å². The van der Waals surface area contributed by atoms with Crippen molar-refractivity contribution in [2.24, 2.45) is 0 Å². The lowest BCUT2D eigenvalue weighted by Gasteiger charge is -2.33. The molecule has 0 spiro atoms. The van der Waals surface area contributed by atoms with Crippen LogP contribution in [-0.4, -0.2) is 43.3 Å². The number of amides is 2. The maximum atomic E-state index is 13.9. The zero-order chi connectivity index (χ0) is 29.0. The number of anilines is 1. The quantitative estimate of drug-likeness (QED) is 0.340. The maximum Gasteiger partial charge on any atom is 0.264 e. The minimum atomic E-state index is -4.16. The number of hydrogen-bond donors (Lipinski definition) is 1. The van der Waals surface area contributed by atoms with Crippen LogP contribution in [0.1, 0.15) is 38.8 Å². The highest BCUT2D eigenvalue weighted by Gasteiger charge is 2.33. The molecule has 3 aromatic rings.